The fraction of sp³-hybridized carbons (Fsp3) is 0. The number of guanidine groups is 1. The van der Waals surface area contributed by atoms with Gasteiger partial charge < -0.3 is 16.2 Å². The fourth-order valence-electron chi connectivity index (χ4n) is 2.20. The Bertz CT molecular complexity index is 883. The first-order chi connectivity index (χ1) is 11.4. The summed E-state index contributed by atoms with van der Waals surface area (Å²) >= 11 is 0. The summed E-state index contributed by atoms with van der Waals surface area (Å²) in [6.07, 6.45) is 0. The summed E-state index contributed by atoms with van der Waals surface area (Å²) in [4.78, 5) is 39.0. The quantitative estimate of drug-likeness (QED) is 0.250. The van der Waals surface area contributed by atoms with Crippen LogP contribution in [0.5, 0.6) is 5.75 Å². The normalized spacial score (nSPS) is 12.3. The number of fused-ring (bicyclic) bond motifs is 1. The van der Waals surface area contributed by atoms with Gasteiger partial charge in [-0.2, -0.15) is 0 Å². The molecule has 0 bridgehead atoms. The molecule has 5 N–H and O–H groups in total. The Labute approximate surface area is 136 Å². The van der Waals surface area contributed by atoms with E-state index in [1.165, 1.54) is 30.3 Å². The molecular formula is C16H12N4O4. The molecule has 0 aromatic heterocycles. The van der Waals surface area contributed by atoms with Gasteiger partial charge >= 0.3 is 5.97 Å². The summed E-state index contributed by atoms with van der Waals surface area (Å²) in [6.45, 7) is 0. The van der Waals surface area contributed by atoms with Gasteiger partial charge in [0.05, 0.1) is 22.4 Å². The molecule has 0 unspecified atom stereocenters. The highest BCUT2D eigenvalue weighted by Gasteiger charge is 2.27. The molecule has 1 aliphatic rings. The van der Waals surface area contributed by atoms with E-state index in [-0.39, 0.29) is 28.4 Å². The molecule has 0 spiro atoms. The van der Waals surface area contributed by atoms with Crippen LogP contribution in [-0.4, -0.2) is 23.7 Å². The van der Waals surface area contributed by atoms with Crippen molar-refractivity contribution in [1.29, 1.82) is 0 Å². The molecule has 0 aliphatic carbocycles. The number of rotatable bonds is 3. The van der Waals surface area contributed by atoms with Crippen molar-refractivity contribution in [3.8, 4) is 5.75 Å². The second-order valence-corrected chi connectivity index (χ2v) is 4.96. The first-order valence-electron chi connectivity index (χ1n) is 6.85. The van der Waals surface area contributed by atoms with Gasteiger partial charge in [-0.1, -0.05) is 0 Å². The average molecular weight is 324 g/mol. The SMILES string of the molecule is NC(N)=Nc1ccc(C(=O)Oc2ccc3c(c2)C(=O)NC3=O)cc1. The predicted molar refractivity (Wildman–Crippen MR) is 85.1 cm³/mol. The van der Waals surface area contributed by atoms with Gasteiger partial charge in [0.25, 0.3) is 11.8 Å². The molecule has 0 fully saturated rings. The third-order valence-electron chi connectivity index (χ3n) is 3.28. The molecule has 2 amide bonds. The standard InChI is InChI=1S/C16H12N4O4/c17-16(18)19-9-3-1-8(2-4-9)15(23)24-10-5-6-11-12(7-10)14(22)20-13(11)21/h1-7H,(H4,17,18,19)(H,20,21,22). The van der Waals surface area contributed by atoms with Crippen molar-refractivity contribution in [1.82, 2.24) is 5.32 Å². The smallest absolute Gasteiger partial charge is 0.343 e. The summed E-state index contributed by atoms with van der Waals surface area (Å²) in [6, 6.07) is 10.4. The Balaban J connectivity index is 1.78. The maximum Gasteiger partial charge on any atom is 0.343 e. The maximum absolute atomic E-state index is 12.1. The highest BCUT2D eigenvalue weighted by Crippen LogP contribution is 2.23. The molecule has 24 heavy (non-hydrogen) atoms. The Kier molecular flexibility index (Phi) is 3.70. The maximum atomic E-state index is 12.1. The van der Waals surface area contributed by atoms with Gasteiger partial charge in [-0.25, -0.2) is 9.79 Å². The molecule has 1 heterocycles. The summed E-state index contributed by atoms with van der Waals surface area (Å²) < 4.78 is 5.21. The number of ether oxygens (including phenoxy) is 1. The zero-order valence-corrected chi connectivity index (χ0v) is 12.3. The first-order valence-corrected chi connectivity index (χ1v) is 6.85. The molecule has 2 aromatic rings. The Morgan fingerprint density at radius 2 is 1.62 bits per heavy atom. The molecule has 0 saturated carbocycles. The molecule has 3 rings (SSSR count). The zero-order valence-electron chi connectivity index (χ0n) is 12.3. The van der Waals surface area contributed by atoms with Crippen molar-refractivity contribution in [2.75, 3.05) is 0 Å². The largest absolute Gasteiger partial charge is 0.423 e. The zero-order chi connectivity index (χ0) is 17.3. The third-order valence-corrected chi connectivity index (χ3v) is 3.28. The highest BCUT2D eigenvalue weighted by molar-refractivity contribution is 6.21. The molecule has 0 radical (unpaired) electrons. The van der Waals surface area contributed by atoms with Gasteiger partial charge in [0.1, 0.15) is 5.75 Å². The fourth-order valence-corrected chi connectivity index (χ4v) is 2.20. The van der Waals surface area contributed by atoms with Crippen molar-refractivity contribution in [2.45, 2.75) is 0 Å². The van der Waals surface area contributed by atoms with Crippen LogP contribution < -0.4 is 21.5 Å². The van der Waals surface area contributed by atoms with E-state index >= 15 is 0 Å². The van der Waals surface area contributed by atoms with Gasteiger partial charge in [0, 0.05) is 0 Å². The minimum atomic E-state index is -0.615. The lowest BCUT2D eigenvalue weighted by Crippen LogP contribution is -2.21. The lowest BCUT2D eigenvalue weighted by molar-refractivity contribution is 0.0733. The first kappa shape index (κ1) is 15.2. The molecular weight excluding hydrogens is 312 g/mol. The number of nitrogens with two attached hydrogens (primary N) is 2. The van der Waals surface area contributed by atoms with Crippen molar-refractivity contribution in [2.24, 2.45) is 16.5 Å². The van der Waals surface area contributed by atoms with Gasteiger partial charge in [0.15, 0.2) is 5.96 Å². The van der Waals surface area contributed by atoms with Crippen LogP contribution in [0.4, 0.5) is 5.69 Å². The summed E-state index contributed by atoms with van der Waals surface area (Å²) in [7, 11) is 0. The number of nitrogens with one attached hydrogen (secondary N) is 1. The van der Waals surface area contributed by atoms with Gasteiger partial charge in [-0.15, -0.1) is 0 Å². The number of amides is 2. The molecule has 2 aromatic carbocycles. The van der Waals surface area contributed by atoms with E-state index in [4.69, 9.17) is 16.2 Å². The molecule has 0 saturated heterocycles. The molecule has 8 nitrogen and oxygen atoms in total. The summed E-state index contributed by atoms with van der Waals surface area (Å²) in [5.41, 5.74) is 11.7. The van der Waals surface area contributed by atoms with Crippen LogP contribution in [0.1, 0.15) is 31.1 Å². The number of carbonyl (C=O) groups is 3. The van der Waals surface area contributed by atoms with Crippen LogP contribution in [-0.2, 0) is 0 Å². The Hall–Kier alpha value is -3.68. The number of hydrogen-bond donors (Lipinski definition) is 3. The monoisotopic (exact) mass is 324 g/mol. The van der Waals surface area contributed by atoms with Crippen LogP contribution in [0, 0.1) is 0 Å². The van der Waals surface area contributed by atoms with E-state index in [9.17, 15) is 14.4 Å². The van der Waals surface area contributed by atoms with Crippen molar-refractivity contribution < 1.29 is 19.1 Å². The minimum absolute atomic E-state index is 0.0868. The van der Waals surface area contributed by atoms with Crippen molar-refractivity contribution in [3.05, 3.63) is 59.2 Å². The van der Waals surface area contributed by atoms with E-state index in [0.29, 0.717) is 5.69 Å². The predicted octanol–water partition coefficient (Wildman–Crippen LogP) is 0.694. The second-order valence-electron chi connectivity index (χ2n) is 4.96. The number of aliphatic imine (C=N–C) groups is 1. The van der Waals surface area contributed by atoms with Crippen LogP contribution >= 0.6 is 0 Å². The Morgan fingerprint density at radius 1 is 0.958 bits per heavy atom. The van der Waals surface area contributed by atoms with Gasteiger partial charge in [0.2, 0.25) is 0 Å². The van der Waals surface area contributed by atoms with Gasteiger partial charge in [-0.05, 0) is 42.5 Å². The molecule has 120 valence electrons. The van der Waals surface area contributed by atoms with Gasteiger partial charge in [-0.3, -0.25) is 14.9 Å². The summed E-state index contributed by atoms with van der Waals surface area (Å²) in [5, 5.41) is 2.17. The van der Waals surface area contributed by atoms with Crippen LogP contribution in [0.2, 0.25) is 0 Å². The van der Waals surface area contributed by atoms with Crippen LogP contribution in [0.15, 0.2) is 47.5 Å². The van der Waals surface area contributed by atoms with E-state index in [1.54, 1.807) is 12.1 Å². The number of carbonyl (C=O) groups excluding carboxylic acids is 3. The van der Waals surface area contributed by atoms with Crippen molar-refractivity contribution >= 4 is 29.4 Å². The molecule has 0 atom stereocenters. The minimum Gasteiger partial charge on any atom is -0.423 e. The number of benzene rings is 2. The average Bonchev–Trinajstić information content (AvgIpc) is 2.82. The molecule has 1 aliphatic heterocycles. The van der Waals surface area contributed by atoms with E-state index in [2.05, 4.69) is 10.3 Å². The second kappa shape index (κ2) is 5.84. The van der Waals surface area contributed by atoms with Crippen LogP contribution in [0.25, 0.3) is 0 Å². The topological polar surface area (TPSA) is 137 Å². The number of esters is 1. The van der Waals surface area contributed by atoms with Crippen molar-refractivity contribution in [3.63, 3.8) is 0 Å². The number of nitrogens with zero attached hydrogens (tertiary/aromatic N) is 1. The van der Waals surface area contributed by atoms with Crippen LogP contribution in [0.3, 0.4) is 0 Å². The lowest BCUT2D eigenvalue weighted by atomic mass is 10.1. The highest BCUT2D eigenvalue weighted by atomic mass is 16.5. The molecule has 8 heteroatoms. The number of hydrogen-bond acceptors (Lipinski definition) is 5. The Morgan fingerprint density at radius 3 is 2.29 bits per heavy atom. The van der Waals surface area contributed by atoms with E-state index in [0.717, 1.165) is 0 Å². The summed E-state index contributed by atoms with van der Waals surface area (Å²) in [5.74, 6) is -1.53. The third kappa shape index (κ3) is 2.93. The lowest BCUT2D eigenvalue weighted by Gasteiger charge is -2.05. The van der Waals surface area contributed by atoms with E-state index in [1.807, 2.05) is 0 Å². The van der Waals surface area contributed by atoms with E-state index < -0.39 is 17.8 Å². The number of imide groups is 1.